The molecule has 122 valence electrons. The molecule has 1 amide bonds. The van der Waals surface area contributed by atoms with Gasteiger partial charge >= 0.3 is 0 Å². The van der Waals surface area contributed by atoms with Crippen molar-refractivity contribution in [3.8, 4) is 5.75 Å². The molecule has 0 atom stereocenters. The van der Waals surface area contributed by atoms with E-state index in [9.17, 15) is 4.79 Å². The van der Waals surface area contributed by atoms with Crippen molar-refractivity contribution < 1.29 is 9.53 Å². The molecule has 1 aliphatic rings. The third-order valence-electron chi connectivity index (χ3n) is 4.19. The second-order valence-corrected chi connectivity index (χ2v) is 7.51. The van der Waals surface area contributed by atoms with Crippen LogP contribution in [0.4, 0.5) is 0 Å². The van der Waals surface area contributed by atoms with Gasteiger partial charge in [0.2, 0.25) is 5.91 Å². The summed E-state index contributed by atoms with van der Waals surface area (Å²) < 4.78 is 5.77. The van der Waals surface area contributed by atoms with Gasteiger partial charge in [-0.3, -0.25) is 4.79 Å². The lowest BCUT2D eigenvalue weighted by atomic mass is 9.89. The topological polar surface area (TPSA) is 29.5 Å². The number of benzene rings is 1. The lowest BCUT2D eigenvalue weighted by Gasteiger charge is -2.33. The first-order valence-corrected chi connectivity index (χ1v) is 8.40. The maximum Gasteiger partial charge on any atom is 0.223 e. The maximum atomic E-state index is 12.2. The zero-order chi connectivity index (χ0) is 16.0. The lowest BCUT2D eigenvalue weighted by molar-refractivity contribution is -0.134. The van der Waals surface area contributed by atoms with Crippen molar-refractivity contribution in [3.05, 3.63) is 30.3 Å². The lowest BCUT2D eigenvalue weighted by Crippen LogP contribution is -2.40. The van der Waals surface area contributed by atoms with Crippen LogP contribution in [0.5, 0.6) is 5.75 Å². The Labute approximate surface area is 134 Å². The minimum Gasteiger partial charge on any atom is -0.494 e. The van der Waals surface area contributed by atoms with E-state index in [0.717, 1.165) is 44.7 Å². The van der Waals surface area contributed by atoms with Gasteiger partial charge in [-0.2, -0.15) is 0 Å². The summed E-state index contributed by atoms with van der Waals surface area (Å²) in [6.07, 6.45) is 3.94. The smallest absolute Gasteiger partial charge is 0.223 e. The molecule has 0 aliphatic carbocycles. The Hall–Kier alpha value is -1.51. The number of nitrogens with zero attached hydrogens (tertiary/aromatic N) is 1. The molecular weight excluding hydrogens is 274 g/mol. The molecular formula is C19H29NO2. The highest BCUT2D eigenvalue weighted by atomic mass is 16.5. The van der Waals surface area contributed by atoms with E-state index >= 15 is 0 Å². The molecule has 3 heteroatoms. The fourth-order valence-electron chi connectivity index (χ4n) is 2.90. The number of carbonyl (C=O) groups excluding carboxylic acids is 1. The molecule has 2 rings (SSSR count). The number of likely N-dealkylation sites (tertiary alicyclic amines) is 1. The highest BCUT2D eigenvalue weighted by Gasteiger charge is 2.25. The Morgan fingerprint density at radius 3 is 2.41 bits per heavy atom. The summed E-state index contributed by atoms with van der Waals surface area (Å²) in [6.45, 7) is 8.95. The number of hydrogen-bond acceptors (Lipinski definition) is 2. The summed E-state index contributed by atoms with van der Waals surface area (Å²) in [5.74, 6) is 1.94. The highest BCUT2D eigenvalue weighted by Crippen LogP contribution is 2.25. The molecule has 1 fully saturated rings. The molecule has 0 bridgehead atoms. The summed E-state index contributed by atoms with van der Waals surface area (Å²) >= 11 is 0. The molecule has 1 aromatic carbocycles. The number of hydrogen-bond donors (Lipinski definition) is 0. The number of ether oxygens (including phenoxy) is 1. The summed E-state index contributed by atoms with van der Waals surface area (Å²) in [4.78, 5) is 14.3. The van der Waals surface area contributed by atoms with Crippen molar-refractivity contribution in [2.75, 3.05) is 19.7 Å². The Morgan fingerprint density at radius 1 is 1.18 bits per heavy atom. The van der Waals surface area contributed by atoms with Gasteiger partial charge in [-0.1, -0.05) is 39.0 Å². The second-order valence-electron chi connectivity index (χ2n) is 7.51. The predicted molar refractivity (Wildman–Crippen MR) is 89.9 cm³/mol. The van der Waals surface area contributed by atoms with Crippen LogP contribution in [0, 0.1) is 11.3 Å². The number of amides is 1. The van der Waals surface area contributed by atoms with Crippen LogP contribution < -0.4 is 4.74 Å². The van der Waals surface area contributed by atoms with Crippen molar-refractivity contribution in [2.24, 2.45) is 11.3 Å². The number of carbonyl (C=O) groups is 1. The minimum absolute atomic E-state index is 0.0808. The van der Waals surface area contributed by atoms with Crippen molar-refractivity contribution >= 4 is 5.91 Å². The fourth-order valence-corrected chi connectivity index (χ4v) is 2.90. The molecule has 0 saturated carbocycles. The molecule has 0 aromatic heterocycles. The highest BCUT2D eigenvalue weighted by molar-refractivity contribution is 5.76. The average Bonchev–Trinajstić information content (AvgIpc) is 2.47. The van der Waals surface area contributed by atoms with E-state index in [2.05, 4.69) is 20.8 Å². The molecule has 1 aliphatic heterocycles. The first-order chi connectivity index (χ1) is 10.4. The van der Waals surface area contributed by atoms with Crippen LogP contribution >= 0.6 is 0 Å². The monoisotopic (exact) mass is 303 g/mol. The van der Waals surface area contributed by atoms with E-state index < -0.39 is 0 Å². The summed E-state index contributed by atoms with van der Waals surface area (Å²) in [7, 11) is 0. The number of rotatable bonds is 5. The minimum atomic E-state index is 0.0808. The van der Waals surface area contributed by atoms with Crippen LogP contribution in [0.2, 0.25) is 0 Å². The Kier molecular flexibility index (Phi) is 5.87. The number of para-hydroxylation sites is 1. The Bertz CT molecular complexity index is 456. The van der Waals surface area contributed by atoms with Gasteiger partial charge in [0, 0.05) is 19.5 Å². The quantitative estimate of drug-likeness (QED) is 0.818. The van der Waals surface area contributed by atoms with E-state index in [1.807, 2.05) is 35.2 Å². The second kappa shape index (κ2) is 7.66. The van der Waals surface area contributed by atoms with Crippen LogP contribution in [0.15, 0.2) is 30.3 Å². The van der Waals surface area contributed by atoms with E-state index in [1.165, 1.54) is 0 Å². The first kappa shape index (κ1) is 16.9. The standard InChI is InChI=1S/C19H29NO2/c1-19(2,3)15-18(21)20-12-9-16(10-13-20)11-14-22-17-7-5-4-6-8-17/h4-8,16H,9-15H2,1-3H3. The van der Waals surface area contributed by atoms with Gasteiger partial charge in [0.05, 0.1) is 6.61 Å². The molecule has 0 radical (unpaired) electrons. The van der Waals surface area contributed by atoms with E-state index in [1.54, 1.807) is 0 Å². The van der Waals surface area contributed by atoms with Gasteiger partial charge in [0.1, 0.15) is 5.75 Å². The van der Waals surface area contributed by atoms with E-state index in [-0.39, 0.29) is 5.41 Å². The molecule has 1 saturated heterocycles. The Morgan fingerprint density at radius 2 is 1.82 bits per heavy atom. The molecule has 3 nitrogen and oxygen atoms in total. The SMILES string of the molecule is CC(C)(C)CC(=O)N1CCC(CCOc2ccccc2)CC1. The Balaban J connectivity index is 1.66. The van der Waals surface area contributed by atoms with Gasteiger partial charge in [0.15, 0.2) is 0 Å². The molecule has 0 unspecified atom stereocenters. The van der Waals surface area contributed by atoms with Gasteiger partial charge < -0.3 is 9.64 Å². The maximum absolute atomic E-state index is 12.2. The predicted octanol–water partition coefficient (Wildman–Crippen LogP) is 4.13. The molecule has 22 heavy (non-hydrogen) atoms. The van der Waals surface area contributed by atoms with Crippen molar-refractivity contribution in [1.29, 1.82) is 0 Å². The van der Waals surface area contributed by atoms with Crippen molar-refractivity contribution in [2.45, 2.75) is 46.5 Å². The zero-order valence-corrected chi connectivity index (χ0v) is 14.2. The van der Waals surface area contributed by atoms with Crippen molar-refractivity contribution in [1.82, 2.24) is 4.90 Å². The number of piperidine rings is 1. The van der Waals surface area contributed by atoms with Crippen LogP contribution in [-0.4, -0.2) is 30.5 Å². The van der Waals surface area contributed by atoms with Crippen LogP contribution in [0.25, 0.3) is 0 Å². The average molecular weight is 303 g/mol. The van der Waals surface area contributed by atoms with Crippen LogP contribution in [0.1, 0.15) is 46.5 Å². The molecule has 1 aromatic rings. The third kappa shape index (κ3) is 5.70. The molecule has 0 spiro atoms. The van der Waals surface area contributed by atoms with Crippen LogP contribution in [-0.2, 0) is 4.79 Å². The summed E-state index contributed by atoms with van der Waals surface area (Å²) in [5.41, 5.74) is 0.0808. The van der Waals surface area contributed by atoms with Gasteiger partial charge in [-0.15, -0.1) is 0 Å². The normalized spacial score (nSPS) is 16.6. The zero-order valence-electron chi connectivity index (χ0n) is 14.2. The van der Waals surface area contributed by atoms with E-state index in [4.69, 9.17) is 4.74 Å². The van der Waals surface area contributed by atoms with Crippen LogP contribution in [0.3, 0.4) is 0 Å². The summed E-state index contributed by atoms with van der Waals surface area (Å²) in [6, 6.07) is 9.97. The van der Waals surface area contributed by atoms with Gasteiger partial charge in [-0.25, -0.2) is 0 Å². The van der Waals surface area contributed by atoms with Gasteiger partial charge in [0.25, 0.3) is 0 Å². The fraction of sp³-hybridized carbons (Fsp3) is 0.632. The van der Waals surface area contributed by atoms with E-state index in [0.29, 0.717) is 18.2 Å². The third-order valence-corrected chi connectivity index (χ3v) is 4.19. The largest absolute Gasteiger partial charge is 0.494 e. The molecule has 1 heterocycles. The van der Waals surface area contributed by atoms with Gasteiger partial charge in [-0.05, 0) is 42.7 Å². The first-order valence-electron chi connectivity index (χ1n) is 8.40. The summed E-state index contributed by atoms with van der Waals surface area (Å²) in [5, 5.41) is 0. The van der Waals surface area contributed by atoms with Crippen molar-refractivity contribution in [3.63, 3.8) is 0 Å². The molecule has 0 N–H and O–H groups in total.